The Labute approximate surface area is 100 Å². The second kappa shape index (κ2) is 4.00. The van der Waals surface area contributed by atoms with E-state index in [0.717, 1.165) is 36.1 Å². The molecule has 17 heavy (non-hydrogen) atoms. The van der Waals surface area contributed by atoms with Crippen LogP contribution in [-0.4, -0.2) is 34.1 Å². The van der Waals surface area contributed by atoms with Crippen LogP contribution in [0.1, 0.15) is 19.3 Å². The van der Waals surface area contributed by atoms with E-state index >= 15 is 0 Å². The molecule has 2 aromatic rings. The summed E-state index contributed by atoms with van der Waals surface area (Å²) in [5.41, 5.74) is 6.86. The third-order valence-corrected chi connectivity index (χ3v) is 3.66. The number of hydrogen-bond acceptors (Lipinski definition) is 4. The van der Waals surface area contributed by atoms with E-state index in [4.69, 9.17) is 5.73 Å². The molecule has 2 aromatic heterocycles. The fourth-order valence-electron chi connectivity index (χ4n) is 2.66. The molecule has 5 nitrogen and oxygen atoms in total. The minimum Gasteiger partial charge on any atom is -0.356 e. The van der Waals surface area contributed by atoms with Gasteiger partial charge in [0.1, 0.15) is 17.8 Å². The zero-order valence-corrected chi connectivity index (χ0v) is 9.93. The zero-order chi connectivity index (χ0) is 11.8. The van der Waals surface area contributed by atoms with E-state index in [-0.39, 0.29) is 0 Å². The van der Waals surface area contributed by atoms with Crippen LogP contribution in [0.4, 0.5) is 5.82 Å². The minimum atomic E-state index is 0.339. The highest BCUT2D eigenvalue weighted by Crippen LogP contribution is 2.28. The van der Waals surface area contributed by atoms with Gasteiger partial charge in [0.2, 0.25) is 0 Å². The van der Waals surface area contributed by atoms with Crippen LogP contribution < -0.4 is 10.6 Å². The van der Waals surface area contributed by atoms with Gasteiger partial charge in [-0.25, -0.2) is 9.97 Å². The number of nitrogens with two attached hydrogens (primary N) is 1. The smallest absolute Gasteiger partial charge is 0.142 e. The molecule has 0 bridgehead atoms. The summed E-state index contributed by atoms with van der Waals surface area (Å²) in [7, 11) is 2.09. The van der Waals surface area contributed by atoms with Crippen LogP contribution in [0.25, 0.3) is 11.0 Å². The Balaban J connectivity index is 1.95. The van der Waals surface area contributed by atoms with E-state index in [9.17, 15) is 0 Å². The highest BCUT2D eigenvalue weighted by atomic mass is 15.2. The van der Waals surface area contributed by atoms with Crippen LogP contribution in [0.2, 0.25) is 0 Å². The number of fused-ring (bicyclic) bond motifs is 1. The van der Waals surface area contributed by atoms with Crippen LogP contribution in [-0.2, 0) is 0 Å². The standard InChI is InChI=1S/C12H17N5/c1-17(9-3-2-8(13)6-9)12-10-4-5-14-11(10)15-7-16-12/h4-5,7-9H,2-3,6,13H2,1H3,(H,14,15,16)/t8-,9+/m0/s1. The van der Waals surface area contributed by atoms with Gasteiger partial charge in [-0.15, -0.1) is 0 Å². The SMILES string of the molecule is CN(c1ncnc2[nH]ccc12)[C@@H]1CC[C@H](N)C1. The molecule has 3 N–H and O–H groups in total. The molecule has 0 saturated heterocycles. The Hall–Kier alpha value is -1.62. The van der Waals surface area contributed by atoms with Gasteiger partial charge in [0.05, 0.1) is 5.39 Å². The lowest BCUT2D eigenvalue weighted by Crippen LogP contribution is -2.31. The Morgan fingerprint density at radius 2 is 2.29 bits per heavy atom. The van der Waals surface area contributed by atoms with Gasteiger partial charge in [0.25, 0.3) is 0 Å². The topological polar surface area (TPSA) is 70.8 Å². The normalized spacial score (nSPS) is 24.4. The number of aromatic amines is 1. The average molecular weight is 231 g/mol. The van der Waals surface area contributed by atoms with Crippen LogP contribution in [0, 0.1) is 0 Å². The first kappa shape index (κ1) is 10.5. The van der Waals surface area contributed by atoms with E-state index in [1.165, 1.54) is 0 Å². The number of hydrogen-bond donors (Lipinski definition) is 2. The van der Waals surface area contributed by atoms with Crippen molar-refractivity contribution in [1.29, 1.82) is 0 Å². The third kappa shape index (κ3) is 1.76. The number of rotatable bonds is 2. The number of H-pyrrole nitrogens is 1. The Bertz CT molecular complexity index is 520. The van der Waals surface area contributed by atoms with E-state index in [1.807, 2.05) is 12.3 Å². The molecule has 90 valence electrons. The van der Waals surface area contributed by atoms with Gasteiger partial charge in [-0.2, -0.15) is 0 Å². The van der Waals surface area contributed by atoms with Crippen LogP contribution in [0.3, 0.4) is 0 Å². The third-order valence-electron chi connectivity index (χ3n) is 3.66. The van der Waals surface area contributed by atoms with Gasteiger partial charge < -0.3 is 15.6 Å². The van der Waals surface area contributed by atoms with Crippen LogP contribution >= 0.6 is 0 Å². The summed E-state index contributed by atoms with van der Waals surface area (Å²) in [5.74, 6) is 0.996. The van der Waals surface area contributed by atoms with Crippen molar-refractivity contribution in [2.24, 2.45) is 5.73 Å². The summed E-state index contributed by atoms with van der Waals surface area (Å²) in [6, 6.07) is 2.86. The average Bonchev–Trinajstić information content (AvgIpc) is 2.95. The molecular formula is C12H17N5. The van der Waals surface area contributed by atoms with Crippen molar-refractivity contribution in [3.8, 4) is 0 Å². The maximum Gasteiger partial charge on any atom is 0.142 e. The maximum atomic E-state index is 5.97. The molecule has 0 unspecified atom stereocenters. The van der Waals surface area contributed by atoms with E-state index in [0.29, 0.717) is 12.1 Å². The van der Waals surface area contributed by atoms with E-state index in [1.54, 1.807) is 6.33 Å². The van der Waals surface area contributed by atoms with Crippen molar-refractivity contribution in [1.82, 2.24) is 15.0 Å². The molecule has 0 amide bonds. The van der Waals surface area contributed by atoms with Crippen LogP contribution in [0.5, 0.6) is 0 Å². The molecule has 0 aliphatic heterocycles. The summed E-state index contributed by atoms with van der Waals surface area (Å²) >= 11 is 0. The lowest BCUT2D eigenvalue weighted by atomic mass is 10.2. The maximum absolute atomic E-state index is 5.97. The van der Waals surface area contributed by atoms with Gasteiger partial charge in [-0.1, -0.05) is 0 Å². The van der Waals surface area contributed by atoms with E-state index < -0.39 is 0 Å². The van der Waals surface area contributed by atoms with Crippen molar-refractivity contribution in [3.63, 3.8) is 0 Å². The highest BCUT2D eigenvalue weighted by molar-refractivity contribution is 5.87. The van der Waals surface area contributed by atoms with Crippen LogP contribution in [0.15, 0.2) is 18.6 Å². The second-order valence-corrected chi connectivity index (χ2v) is 4.78. The van der Waals surface area contributed by atoms with Gasteiger partial charge >= 0.3 is 0 Å². The van der Waals surface area contributed by atoms with Crippen molar-refractivity contribution < 1.29 is 0 Å². The second-order valence-electron chi connectivity index (χ2n) is 4.78. The molecular weight excluding hydrogens is 214 g/mol. The number of nitrogens with one attached hydrogen (secondary N) is 1. The van der Waals surface area contributed by atoms with Crippen molar-refractivity contribution in [3.05, 3.63) is 18.6 Å². The quantitative estimate of drug-likeness (QED) is 0.816. The summed E-state index contributed by atoms with van der Waals surface area (Å²) in [4.78, 5) is 14.0. The zero-order valence-electron chi connectivity index (χ0n) is 9.93. The molecule has 3 rings (SSSR count). The number of nitrogens with zero attached hydrogens (tertiary/aromatic N) is 3. The summed E-state index contributed by atoms with van der Waals surface area (Å²) < 4.78 is 0. The van der Waals surface area contributed by atoms with Crippen molar-refractivity contribution >= 4 is 16.9 Å². The van der Waals surface area contributed by atoms with Gasteiger partial charge in [0, 0.05) is 25.3 Å². The largest absolute Gasteiger partial charge is 0.356 e. The van der Waals surface area contributed by atoms with Crippen molar-refractivity contribution in [2.75, 3.05) is 11.9 Å². The van der Waals surface area contributed by atoms with Crippen molar-refractivity contribution in [2.45, 2.75) is 31.3 Å². The Morgan fingerprint density at radius 1 is 1.41 bits per heavy atom. The van der Waals surface area contributed by atoms with Gasteiger partial charge in [-0.05, 0) is 25.3 Å². The number of aromatic nitrogens is 3. The Morgan fingerprint density at radius 3 is 3.06 bits per heavy atom. The molecule has 1 fully saturated rings. The Kier molecular flexibility index (Phi) is 2.48. The van der Waals surface area contributed by atoms with Gasteiger partial charge in [0.15, 0.2) is 0 Å². The lowest BCUT2D eigenvalue weighted by Gasteiger charge is -2.25. The molecule has 0 aromatic carbocycles. The minimum absolute atomic E-state index is 0.339. The molecule has 0 radical (unpaired) electrons. The van der Waals surface area contributed by atoms with E-state index in [2.05, 4.69) is 26.9 Å². The monoisotopic (exact) mass is 231 g/mol. The molecule has 2 heterocycles. The predicted molar refractivity (Wildman–Crippen MR) is 67.9 cm³/mol. The molecule has 2 atom stereocenters. The first-order valence-corrected chi connectivity index (χ1v) is 6.02. The summed E-state index contributed by atoms with van der Waals surface area (Å²) in [5, 5.41) is 1.08. The fraction of sp³-hybridized carbons (Fsp3) is 0.500. The summed E-state index contributed by atoms with van der Waals surface area (Å²) in [6.45, 7) is 0. The molecule has 1 saturated carbocycles. The molecule has 5 heteroatoms. The first-order chi connectivity index (χ1) is 8.25. The highest BCUT2D eigenvalue weighted by Gasteiger charge is 2.26. The number of anilines is 1. The lowest BCUT2D eigenvalue weighted by molar-refractivity contribution is 0.628. The predicted octanol–water partition coefficient (Wildman–Crippen LogP) is 1.27. The van der Waals surface area contributed by atoms with Gasteiger partial charge in [-0.3, -0.25) is 0 Å². The first-order valence-electron chi connectivity index (χ1n) is 6.02. The fourth-order valence-corrected chi connectivity index (χ4v) is 2.66. The summed E-state index contributed by atoms with van der Waals surface area (Å²) in [6.07, 6.45) is 6.81. The molecule has 1 aliphatic carbocycles. The molecule has 1 aliphatic rings. The molecule has 0 spiro atoms.